The van der Waals surface area contributed by atoms with Crippen molar-refractivity contribution < 1.29 is 9.13 Å². The molecule has 17 heavy (non-hydrogen) atoms. The van der Waals surface area contributed by atoms with Gasteiger partial charge in [-0.1, -0.05) is 12.1 Å². The van der Waals surface area contributed by atoms with Gasteiger partial charge in [0, 0.05) is 25.7 Å². The van der Waals surface area contributed by atoms with Crippen molar-refractivity contribution in [3.63, 3.8) is 0 Å². The molecule has 1 saturated heterocycles. The Bertz CT molecular complexity index is 359. The number of hydrogen-bond acceptors (Lipinski definition) is 3. The van der Waals surface area contributed by atoms with Gasteiger partial charge in [-0.2, -0.15) is 0 Å². The number of benzene rings is 1. The molecule has 3 nitrogen and oxygen atoms in total. The van der Waals surface area contributed by atoms with Crippen LogP contribution in [0.5, 0.6) is 0 Å². The van der Waals surface area contributed by atoms with Crippen LogP contribution < -0.4 is 5.32 Å². The van der Waals surface area contributed by atoms with Gasteiger partial charge in [-0.05, 0) is 19.1 Å². The first kappa shape index (κ1) is 12.3. The van der Waals surface area contributed by atoms with E-state index in [4.69, 9.17) is 4.74 Å². The largest absolute Gasteiger partial charge is 0.381 e. The first-order valence-corrected chi connectivity index (χ1v) is 6.07. The maximum atomic E-state index is 13.3. The average molecular weight is 238 g/mol. The van der Waals surface area contributed by atoms with Crippen molar-refractivity contribution in [2.45, 2.75) is 13.0 Å². The van der Waals surface area contributed by atoms with E-state index in [2.05, 4.69) is 17.1 Å². The number of nitrogens with one attached hydrogen (secondary N) is 1. The van der Waals surface area contributed by atoms with E-state index in [0.717, 1.165) is 32.8 Å². The van der Waals surface area contributed by atoms with Crippen molar-refractivity contribution in [3.8, 4) is 0 Å². The second-order valence-corrected chi connectivity index (χ2v) is 4.37. The molecule has 1 aliphatic heterocycles. The van der Waals surface area contributed by atoms with Gasteiger partial charge in [0.25, 0.3) is 0 Å². The first-order valence-electron chi connectivity index (χ1n) is 6.07. The van der Waals surface area contributed by atoms with Crippen molar-refractivity contribution in [2.75, 3.05) is 38.2 Å². The number of para-hydroxylation sites is 1. The van der Waals surface area contributed by atoms with Crippen LogP contribution >= 0.6 is 0 Å². The summed E-state index contributed by atoms with van der Waals surface area (Å²) < 4.78 is 18.7. The number of ether oxygens (including phenoxy) is 1. The van der Waals surface area contributed by atoms with Crippen LogP contribution in [0.1, 0.15) is 6.92 Å². The van der Waals surface area contributed by atoms with Gasteiger partial charge in [0.1, 0.15) is 5.82 Å². The number of anilines is 1. The summed E-state index contributed by atoms with van der Waals surface area (Å²) in [5.74, 6) is -0.192. The molecule has 0 radical (unpaired) electrons. The number of nitrogens with zero attached hydrogens (tertiary/aromatic N) is 1. The minimum Gasteiger partial charge on any atom is -0.381 e. The predicted molar refractivity (Wildman–Crippen MR) is 66.7 cm³/mol. The number of rotatable bonds is 4. The van der Waals surface area contributed by atoms with Crippen LogP contribution in [0, 0.1) is 5.82 Å². The van der Waals surface area contributed by atoms with Crippen LogP contribution in [-0.4, -0.2) is 43.8 Å². The molecule has 0 spiro atoms. The molecule has 94 valence electrons. The van der Waals surface area contributed by atoms with Crippen molar-refractivity contribution in [2.24, 2.45) is 0 Å². The topological polar surface area (TPSA) is 24.5 Å². The molecule has 1 N–H and O–H groups in total. The van der Waals surface area contributed by atoms with Crippen molar-refractivity contribution in [1.29, 1.82) is 0 Å². The van der Waals surface area contributed by atoms with Crippen LogP contribution in [-0.2, 0) is 4.74 Å². The summed E-state index contributed by atoms with van der Waals surface area (Å²) in [5.41, 5.74) is 0.577. The maximum absolute atomic E-state index is 13.3. The van der Waals surface area contributed by atoms with Crippen LogP contribution in [0.4, 0.5) is 10.1 Å². The van der Waals surface area contributed by atoms with Crippen LogP contribution in [0.2, 0.25) is 0 Å². The van der Waals surface area contributed by atoms with Gasteiger partial charge >= 0.3 is 0 Å². The van der Waals surface area contributed by atoms with E-state index >= 15 is 0 Å². The van der Waals surface area contributed by atoms with Crippen molar-refractivity contribution >= 4 is 5.69 Å². The van der Waals surface area contributed by atoms with E-state index in [0.29, 0.717) is 11.7 Å². The Labute approximate surface area is 102 Å². The molecular weight excluding hydrogens is 219 g/mol. The lowest BCUT2D eigenvalue weighted by molar-refractivity contribution is 0.00181. The summed E-state index contributed by atoms with van der Waals surface area (Å²) in [6, 6.07) is 7.22. The van der Waals surface area contributed by atoms with Gasteiger partial charge in [-0.25, -0.2) is 4.39 Å². The van der Waals surface area contributed by atoms with Crippen LogP contribution in [0.3, 0.4) is 0 Å². The molecule has 1 heterocycles. The SMILES string of the molecule is CC1COCCN1CCNc1ccccc1F. The minimum atomic E-state index is -0.192. The standard InChI is InChI=1S/C13H19FN2O/c1-11-10-17-9-8-16(11)7-6-15-13-5-3-2-4-12(13)14/h2-5,11,15H,6-10H2,1H3. The average Bonchev–Trinajstić information content (AvgIpc) is 2.34. The summed E-state index contributed by atoms with van der Waals surface area (Å²) in [6.45, 7) is 6.37. The lowest BCUT2D eigenvalue weighted by Crippen LogP contribution is -2.45. The zero-order chi connectivity index (χ0) is 12.1. The molecule has 1 aromatic rings. The van der Waals surface area contributed by atoms with E-state index in [1.165, 1.54) is 6.07 Å². The van der Waals surface area contributed by atoms with Gasteiger partial charge in [-0.3, -0.25) is 4.90 Å². The monoisotopic (exact) mass is 238 g/mol. The molecule has 1 aromatic carbocycles. The highest BCUT2D eigenvalue weighted by atomic mass is 19.1. The second kappa shape index (κ2) is 5.98. The third-order valence-electron chi connectivity index (χ3n) is 3.09. The molecule has 0 aliphatic carbocycles. The smallest absolute Gasteiger partial charge is 0.146 e. The van der Waals surface area contributed by atoms with Gasteiger partial charge < -0.3 is 10.1 Å². The van der Waals surface area contributed by atoms with Crippen molar-refractivity contribution in [3.05, 3.63) is 30.1 Å². The summed E-state index contributed by atoms with van der Waals surface area (Å²) in [5, 5.41) is 3.12. The van der Waals surface area contributed by atoms with Gasteiger partial charge in [-0.15, -0.1) is 0 Å². The highest BCUT2D eigenvalue weighted by molar-refractivity contribution is 5.44. The summed E-state index contributed by atoms with van der Waals surface area (Å²) in [6.07, 6.45) is 0. The Morgan fingerprint density at radius 2 is 2.29 bits per heavy atom. The van der Waals surface area contributed by atoms with Crippen LogP contribution in [0.15, 0.2) is 24.3 Å². The van der Waals surface area contributed by atoms with E-state index in [1.807, 2.05) is 6.07 Å². The third-order valence-corrected chi connectivity index (χ3v) is 3.09. The first-order chi connectivity index (χ1) is 8.27. The number of halogens is 1. The molecule has 1 unspecified atom stereocenters. The fourth-order valence-electron chi connectivity index (χ4n) is 2.03. The molecule has 4 heteroatoms. The highest BCUT2D eigenvalue weighted by Gasteiger charge is 2.17. The second-order valence-electron chi connectivity index (χ2n) is 4.37. The van der Waals surface area contributed by atoms with E-state index in [9.17, 15) is 4.39 Å². The molecular formula is C13H19FN2O. The molecule has 0 aromatic heterocycles. The van der Waals surface area contributed by atoms with Crippen LogP contribution in [0.25, 0.3) is 0 Å². The Hall–Kier alpha value is -1.13. The summed E-state index contributed by atoms with van der Waals surface area (Å²) >= 11 is 0. The Morgan fingerprint density at radius 3 is 3.06 bits per heavy atom. The fourth-order valence-corrected chi connectivity index (χ4v) is 2.03. The normalized spacial score (nSPS) is 21.4. The van der Waals surface area contributed by atoms with Gasteiger partial charge in [0.15, 0.2) is 0 Å². The molecule has 1 atom stereocenters. The summed E-state index contributed by atoms with van der Waals surface area (Å²) in [7, 11) is 0. The highest BCUT2D eigenvalue weighted by Crippen LogP contribution is 2.12. The lowest BCUT2D eigenvalue weighted by Gasteiger charge is -2.33. The zero-order valence-electron chi connectivity index (χ0n) is 10.2. The fraction of sp³-hybridized carbons (Fsp3) is 0.538. The Kier molecular flexibility index (Phi) is 4.34. The Morgan fingerprint density at radius 1 is 1.47 bits per heavy atom. The molecule has 0 bridgehead atoms. The van der Waals surface area contributed by atoms with E-state index in [-0.39, 0.29) is 5.82 Å². The predicted octanol–water partition coefficient (Wildman–Crippen LogP) is 1.96. The Balaban J connectivity index is 1.77. The lowest BCUT2D eigenvalue weighted by atomic mass is 10.2. The number of morpholine rings is 1. The molecule has 0 amide bonds. The maximum Gasteiger partial charge on any atom is 0.146 e. The van der Waals surface area contributed by atoms with Gasteiger partial charge in [0.05, 0.1) is 18.9 Å². The molecule has 1 fully saturated rings. The minimum absolute atomic E-state index is 0.192. The third kappa shape index (κ3) is 3.41. The van der Waals surface area contributed by atoms with Crippen molar-refractivity contribution in [1.82, 2.24) is 4.90 Å². The van der Waals surface area contributed by atoms with E-state index < -0.39 is 0 Å². The number of hydrogen-bond donors (Lipinski definition) is 1. The quantitative estimate of drug-likeness (QED) is 0.867. The summed E-state index contributed by atoms with van der Waals surface area (Å²) in [4.78, 5) is 2.36. The molecule has 2 rings (SSSR count). The van der Waals surface area contributed by atoms with Gasteiger partial charge in [0.2, 0.25) is 0 Å². The zero-order valence-corrected chi connectivity index (χ0v) is 10.2. The molecule has 1 aliphatic rings. The van der Waals surface area contributed by atoms with E-state index in [1.54, 1.807) is 12.1 Å². The molecule has 0 saturated carbocycles.